The van der Waals surface area contributed by atoms with Gasteiger partial charge in [-0.25, -0.2) is 4.79 Å². The number of urea groups is 1. The van der Waals surface area contributed by atoms with Gasteiger partial charge in [-0.1, -0.05) is 23.8 Å². The number of likely N-dealkylation sites (tertiary alicyclic amines) is 1. The van der Waals surface area contributed by atoms with Crippen molar-refractivity contribution >= 4 is 6.03 Å². The molecule has 126 valence electrons. The zero-order valence-electron chi connectivity index (χ0n) is 14.5. The van der Waals surface area contributed by atoms with E-state index in [1.165, 1.54) is 16.7 Å². The summed E-state index contributed by atoms with van der Waals surface area (Å²) in [6, 6.07) is 6.56. The van der Waals surface area contributed by atoms with Crippen LogP contribution in [0.4, 0.5) is 4.79 Å². The Morgan fingerprint density at radius 2 is 2.04 bits per heavy atom. The second-order valence-electron chi connectivity index (χ2n) is 7.78. The van der Waals surface area contributed by atoms with Crippen LogP contribution in [0.3, 0.4) is 0 Å². The molecule has 1 aromatic rings. The number of β-amino-alcohol motifs (C(OH)–C–C–N with tert-alkyl or cyclic N) is 1. The molecule has 0 aromatic heterocycles. The van der Waals surface area contributed by atoms with Gasteiger partial charge in [0.15, 0.2) is 0 Å². The first-order valence-electron chi connectivity index (χ1n) is 8.64. The zero-order valence-corrected chi connectivity index (χ0v) is 14.5. The van der Waals surface area contributed by atoms with Crippen molar-refractivity contribution in [1.82, 2.24) is 10.2 Å². The van der Waals surface area contributed by atoms with Gasteiger partial charge in [-0.05, 0) is 57.6 Å². The average molecular weight is 316 g/mol. The molecular weight excluding hydrogens is 288 g/mol. The van der Waals surface area contributed by atoms with E-state index in [4.69, 9.17) is 0 Å². The lowest BCUT2D eigenvalue weighted by molar-refractivity contribution is -0.00253. The molecule has 0 spiro atoms. The number of rotatable bonds is 3. The van der Waals surface area contributed by atoms with Crippen LogP contribution in [-0.4, -0.2) is 41.3 Å². The first kappa shape index (κ1) is 16.3. The molecule has 1 atom stereocenters. The minimum atomic E-state index is -0.750. The number of nitrogens with zero attached hydrogens (tertiary/aromatic N) is 1. The van der Waals surface area contributed by atoms with Gasteiger partial charge in [0, 0.05) is 18.5 Å². The van der Waals surface area contributed by atoms with Gasteiger partial charge in [-0.2, -0.15) is 0 Å². The predicted octanol–water partition coefficient (Wildman–Crippen LogP) is 2.89. The molecule has 1 unspecified atom stereocenters. The number of piperidine rings is 1. The van der Waals surface area contributed by atoms with E-state index in [0.717, 1.165) is 32.2 Å². The van der Waals surface area contributed by atoms with Crippen LogP contribution in [-0.2, 0) is 5.41 Å². The molecule has 1 saturated carbocycles. The standard InChI is InChI=1S/C19H28N2O2/c1-14-5-6-16(15(2)11-14)19(8-9-19)12-20-17(22)21-10-4-7-18(3,23)13-21/h5-6,11,23H,4,7-10,12-13H2,1-3H3,(H,20,22). The maximum atomic E-state index is 12.4. The third-order valence-corrected chi connectivity index (χ3v) is 5.35. The van der Waals surface area contributed by atoms with Crippen molar-refractivity contribution in [2.45, 2.75) is 57.5 Å². The average Bonchev–Trinajstić information content (AvgIpc) is 3.24. The number of carbonyl (C=O) groups is 1. The summed E-state index contributed by atoms with van der Waals surface area (Å²) in [5.74, 6) is 0. The molecule has 2 fully saturated rings. The van der Waals surface area contributed by atoms with Gasteiger partial charge in [0.1, 0.15) is 0 Å². The molecule has 1 aliphatic heterocycles. The quantitative estimate of drug-likeness (QED) is 0.901. The molecule has 4 heteroatoms. The molecule has 0 bridgehead atoms. The van der Waals surface area contributed by atoms with E-state index >= 15 is 0 Å². The van der Waals surface area contributed by atoms with E-state index < -0.39 is 5.60 Å². The highest BCUT2D eigenvalue weighted by Gasteiger charge is 2.45. The number of hydrogen-bond acceptors (Lipinski definition) is 2. The number of amides is 2. The van der Waals surface area contributed by atoms with Crippen LogP contribution in [0.25, 0.3) is 0 Å². The Balaban J connectivity index is 1.62. The van der Waals surface area contributed by atoms with Gasteiger partial charge < -0.3 is 15.3 Å². The third-order valence-electron chi connectivity index (χ3n) is 5.35. The summed E-state index contributed by atoms with van der Waals surface area (Å²) >= 11 is 0. The van der Waals surface area contributed by atoms with Crippen molar-refractivity contribution in [2.75, 3.05) is 19.6 Å². The highest BCUT2D eigenvalue weighted by molar-refractivity contribution is 5.74. The van der Waals surface area contributed by atoms with Crippen LogP contribution in [0.5, 0.6) is 0 Å². The van der Waals surface area contributed by atoms with Crippen LogP contribution in [0.2, 0.25) is 0 Å². The van der Waals surface area contributed by atoms with Crippen LogP contribution in [0.15, 0.2) is 18.2 Å². The van der Waals surface area contributed by atoms with Crippen molar-refractivity contribution < 1.29 is 9.90 Å². The molecule has 1 saturated heterocycles. The smallest absolute Gasteiger partial charge is 0.317 e. The molecule has 0 radical (unpaired) electrons. The highest BCUT2D eigenvalue weighted by atomic mass is 16.3. The predicted molar refractivity (Wildman–Crippen MR) is 91.7 cm³/mol. The lowest BCUT2D eigenvalue weighted by Gasteiger charge is -2.37. The minimum Gasteiger partial charge on any atom is -0.388 e. The Bertz CT molecular complexity index is 605. The number of aliphatic hydroxyl groups is 1. The molecule has 2 aliphatic rings. The van der Waals surface area contributed by atoms with E-state index in [1.54, 1.807) is 4.90 Å². The maximum absolute atomic E-state index is 12.4. The van der Waals surface area contributed by atoms with E-state index in [9.17, 15) is 9.90 Å². The van der Waals surface area contributed by atoms with Crippen LogP contribution in [0.1, 0.15) is 49.3 Å². The van der Waals surface area contributed by atoms with E-state index in [0.29, 0.717) is 13.1 Å². The molecule has 4 nitrogen and oxygen atoms in total. The molecule has 2 amide bonds. The summed E-state index contributed by atoms with van der Waals surface area (Å²) in [5, 5.41) is 13.3. The summed E-state index contributed by atoms with van der Waals surface area (Å²) in [5.41, 5.74) is 3.33. The zero-order chi connectivity index (χ0) is 16.7. The molecular formula is C19H28N2O2. The number of carbonyl (C=O) groups excluding carboxylic acids is 1. The molecule has 3 rings (SSSR count). The number of aryl methyl sites for hydroxylation is 2. The van der Waals surface area contributed by atoms with Crippen molar-refractivity contribution in [2.24, 2.45) is 0 Å². The number of benzene rings is 1. The topological polar surface area (TPSA) is 52.6 Å². The van der Waals surface area contributed by atoms with Crippen LogP contribution < -0.4 is 5.32 Å². The molecule has 23 heavy (non-hydrogen) atoms. The molecule has 1 aliphatic carbocycles. The molecule has 1 aromatic carbocycles. The Morgan fingerprint density at radius 1 is 1.30 bits per heavy atom. The summed E-state index contributed by atoms with van der Waals surface area (Å²) in [6.07, 6.45) is 3.90. The second-order valence-corrected chi connectivity index (χ2v) is 7.78. The molecule has 2 N–H and O–H groups in total. The number of hydrogen-bond donors (Lipinski definition) is 2. The van der Waals surface area contributed by atoms with E-state index in [1.807, 2.05) is 6.92 Å². The fourth-order valence-corrected chi connectivity index (χ4v) is 3.85. The summed E-state index contributed by atoms with van der Waals surface area (Å²) in [7, 11) is 0. The monoisotopic (exact) mass is 316 g/mol. The summed E-state index contributed by atoms with van der Waals surface area (Å²) in [6.45, 7) is 7.93. The van der Waals surface area contributed by atoms with Crippen molar-refractivity contribution in [3.8, 4) is 0 Å². The van der Waals surface area contributed by atoms with E-state index in [-0.39, 0.29) is 11.4 Å². The normalized spacial score (nSPS) is 26.0. The lowest BCUT2D eigenvalue weighted by atomic mass is 9.90. The van der Waals surface area contributed by atoms with Gasteiger partial charge in [-0.15, -0.1) is 0 Å². The van der Waals surface area contributed by atoms with Crippen LogP contribution >= 0.6 is 0 Å². The van der Waals surface area contributed by atoms with Crippen LogP contribution in [0, 0.1) is 13.8 Å². The Hall–Kier alpha value is -1.55. The SMILES string of the molecule is Cc1ccc(C2(CNC(=O)N3CCCC(C)(O)C3)CC2)c(C)c1. The fourth-order valence-electron chi connectivity index (χ4n) is 3.85. The first-order valence-corrected chi connectivity index (χ1v) is 8.64. The largest absolute Gasteiger partial charge is 0.388 e. The maximum Gasteiger partial charge on any atom is 0.317 e. The van der Waals surface area contributed by atoms with Gasteiger partial charge in [0.25, 0.3) is 0 Å². The van der Waals surface area contributed by atoms with Crippen molar-refractivity contribution in [1.29, 1.82) is 0 Å². The molecule has 1 heterocycles. The number of nitrogens with one attached hydrogen (secondary N) is 1. The highest BCUT2D eigenvalue weighted by Crippen LogP contribution is 2.48. The first-order chi connectivity index (χ1) is 10.8. The minimum absolute atomic E-state index is 0.0407. The Morgan fingerprint density at radius 3 is 2.65 bits per heavy atom. The third kappa shape index (κ3) is 3.52. The van der Waals surface area contributed by atoms with E-state index in [2.05, 4.69) is 37.4 Å². The van der Waals surface area contributed by atoms with Gasteiger partial charge in [0.2, 0.25) is 0 Å². The van der Waals surface area contributed by atoms with Gasteiger partial charge in [0.05, 0.1) is 12.1 Å². The van der Waals surface area contributed by atoms with Gasteiger partial charge >= 0.3 is 6.03 Å². The van der Waals surface area contributed by atoms with Gasteiger partial charge in [-0.3, -0.25) is 0 Å². The fraction of sp³-hybridized carbons (Fsp3) is 0.632. The Labute approximate surface area is 138 Å². The summed E-state index contributed by atoms with van der Waals surface area (Å²) < 4.78 is 0. The van der Waals surface area contributed by atoms with Crippen molar-refractivity contribution in [3.63, 3.8) is 0 Å². The second kappa shape index (κ2) is 5.82. The van der Waals surface area contributed by atoms with Crippen molar-refractivity contribution in [3.05, 3.63) is 34.9 Å². The Kier molecular flexibility index (Phi) is 4.13. The lowest BCUT2D eigenvalue weighted by Crippen LogP contribution is -2.52. The summed E-state index contributed by atoms with van der Waals surface area (Å²) in [4.78, 5) is 14.2.